The molecule has 2 nitrogen and oxygen atoms in total. The van der Waals surface area contributed by atoms with E-state index < -0.39 is 0 Å². The number of likely N-dealkylation sites (N-methyl/N-ethyl adjacent to an activating group) is 1. The molecular formula is C17H23NOS. The van der Waals surface area contributed by atoms with Crippen LogP contribution in [0.2, 0.25) is 0 Å². The minimum Gasteiger partial charge on any atom is -0.497 e. The zero-order chi connectivity index (χ0) is 14.4. The average molecular weight is 289 g/mol. The van der Waals surface area contributed by atoms with Gasteiger partial charge in [-0.15, -0.1) is 11.3 Å². The van der Waals surface area contributed by atoms with E-state index in [0.29, 0.717) is 6.04 Å². The number of methoxy groups -OCH3 is 1. The van der Waals surface area contributed by atoms with Gasteiger partial charge in [-0.05, 0) is 49.2 Å². The van der Waals surface area contributed by atoms with Crippen molar-refractivity contribution >= 4 is 11.3 Å². The monoisotopic (exact) mass is 289 g/mol. The Kier molecular flexibility index (Phi) is 5.62. The van der Waals surface area contributed by atoms with Crippen LogP contribution >= 0.6 is 11.3 Å². The van der Waals surface area contributed by atoms with E-state index in [9.17, 15) is 0 Å². The summed E-state index contributed by atoms with van der Waals surface area (Å²) in [6.45, 7) is 5.35. The highest BCUT2D eigenvalue weighted by atomic mass is 32.1. The van der Waals surface area contributed by atoms with Crippen LogP contribution in [-0.4, -0.2) is 13.7 Å². The third-order valence-corrected chi connectivity index (χ3v) is 4.74. The first-order valence-corrected chi connectivity index (χ1v) is 8.03. The topological polar surface area (TPSA) is 21.3 Å². The summed E-state index contributed by atoms with van der Waals surface area (Å²) in [6, 6.07) is 13.2. The van der Waals surface area contributed by atoms with Crippen LogP contribution in [0.4, 0.5) is 0 Å². The molecule has 0 fully saturated rings. The van der Waals surface area contributed by atoms with Crippen LogP contribution in [0.1, 0.15) is 35.2 Å². The largest absolute Gasteiger partial charge is 0.497 e. The van der Waals surface area contributed by atoms with Gasteiger partial charge in [-0.2, -0.15) is 0 Å². The van der Waals surface area contributed by atoms with Gasteiger partial charge >= 0.3 is 0 Å². The maximum absolute atomic E-state index is 5.31. The van der Waals surface area contributed by atoms with Crippen molar-refractivity contribution in [1.82, 2.24) is 5.32 Å². The van der Waals surface area contributed by atoms with Gasteiger partial charge in [-0.3, -0.25) is 0 Å². The SMILES string of the molecule is CCNC(Cc1cccc(OC)c1)c1ccc(CC)s1. The molecule has 1 atom stereocenters. The van der Waals surface area contributed by atoms with Crippen LogP contribution in [0, 0.1) is 0 Å². The Labute approximate surface area is 125 Å². The standard InChI is InChI=1S/C17H23NOS/c1-4-15-9-10-17(20-15)16(18-5-2)12-13-7-6-8-14(11-13)19-3/h6-11,16,18H,4-5,12H2,1-3H3. The van der Waals surface area contributed by atoms with Crippen LogP contribution in [0.15, 0.2) is 36.4 Å². The normalized spacial score (nSPS) is 12.3. The molecule has 2 aromatic rings. The quantitative estimate of drug-likeness (QED) is 0.824. The van der Waals surface area contributed by atoms with E-state index in [2.05, 4.69) is 49.5 Å². The molecule has 1 heterocycles. The first-order chi connectivity index (χ1) is 9.76. The van der Waals surface area contributed by atoms with Gasteiger partial charge in [0, 0.05) is 15.8 Å². The number of hydrogen-bond acceptors (Lipinski definition) is 3. The number of hydrogen-bond donors (Lipinski definition) is 1. The highest BCUT2D eigenvalue weighted by Crippen LogP contribution is 2.27. The smallest absolute Gasteiger partial charge is 0.119 e. The van der Waals surface area contributed by atoms with Crippen molar-refractivity contribution in [2.24, 2.45) is 0 Å². The lowest BCUT2D eigenvalue weighted by Gasteiger charge is -2.17. The number of rotatable bonds is 7. The second-order valence-electron chi connectivity index (χ2n) is 4.82. The fourth-order valence-corrected chi connectivity index (χ4v) is 3.35. The lowest BCUT2D eigenvalue weighted by Crippen LogP contribution is -2.22. The molecule has 0 bridgehead atoms. The first kappa shape index (κ1) is 15.1. The number of thiophene rings is 1. The minimum absolute atomic E-state index is 0.386. The van der Waals surface area contributed by atoms with E-state index >= 15 is 0 Å². The molecule has 0 aliphatic rings. The van der Waals surface area contributed by atoms with Gasteiger partial charge < -0.3 is 10.1 Å². The lowest BCUT2D eigenvalue weighted by molar-refractivity contribution is 0.414. The summed E-state index contributed by atoms with van der Waals surface area (Å²) in [5.74, 6) is 0.929. The average Bonchev–Trinajstić information content (AvgIpc) is 2.96. The fourth-order valence-electron chi connectivity index (χ4n) is 2.33. The maximum atomic E-state index is 5.31. The molecule has 0 radical (unpaired) electrons. The van der Waals surface area contributed by atoms with Crippen molar-refractivity contribution in [2.75, 3.05) is 13.7 Å². The molecule has 0 aliphatic carbocycles. The molecule has 1 aromatic carbocycles. The molecule has 0 saturated heterocycles. The van der Waals surface area contributed by atoms with E-state index in [1.807, 2.05) is 17.4 Å². The second-order valence-corrected chi connectivity index (χ2v) is 6.02. The van der Waals surface area contributed by atoms with Crippen LogP contribution in [0.3, 0.4) is 0 Å². The number of nitrogens with one attached hydrogen (secondary N) is 1. The summed E-state index contributed by atoms with van der Waals surface area (Å²) >= 11 is 1.92. The molecule has 3 heteroatoms. The van der Waals surface area contributed by atoms with Crippen molar-refractivity contribution in [3.05, 3.63) is 51.7 Å². The van der Waals surface area contributed by atoms with Gasteiger partial charge in [-0.25, -0.2) is 0 Å². The number of aryl methyl sites for hydroxylation is 1. The van der Waals surface area contributed by atoms with Crippen LogP contribution < -0.4 is 10.1 Å². The molecule has 2 rings (SSSR count). The Morgan fingerprint density at radius 2 is 2.05 bits per heavy atom. The van der Waals surface area contributed by atoms with E-state index in [0.717, 1.165) is 25.1 Å². The second kappa shape index (κ2) is 7.46. The Hall–Kier alpha value is -1.32. The van der Waals surface area contributed by atoms with Gasteiger partial charge in [0.05, 0.1) is 7.11 Å². The van der Waals surface area contributed by atoms with E-state index in [4.69, 9.17) is 4.74 Å². The Morgan fingerprint density at radius 3 is 2.70 bits per heavy atom. The van der Waals surface area contributed by atoms with E-state index in [1.54, 1.807) is 7.11 Å². The van der Waals surface area contributed by atoms with Gasteiger partial charge in [0.15, 0.2) is 0 Å². The van der Waals surface area contributed by atoms with Gasteiger partial charge in [0.1, 0.15) is 5.75 Å². The molecule has 1 N–H and O–H groups in total. The van der Waals surface area contributed by atoms with Gasteiger partial charge in [0.2, 0.25) is 0 Å². The van der Waals surface area contributed by atoms with E-state index in [1.165, 1.54) is 15.3 Å². The molecule has 0 spiro atoms. The Balaban J connectivity index is 2.15. The minimum atomic E-state index is 0.386. The summed E-state index contributed by atoms with van der Waals surface area (Å²) in [7, 11) is 1.72. The van der Waals surface area contributed by atoms with E-state index in [-0.39, 0.29) is 0 Å². The summed E-state index contributed by atoms with van der Waals surface area (Å²) in [4.78, 5) is 2.88. The first-order valence-electron chi connectivity index (χ1n) is 7.21. The van der Waals surface area contributed by atoms with Crippen molar-refractivity contribution in [2.45, 2.75) is 32.7 Å². The molecule has 20 heavy (non-hydrogen) atoms. The predicted molar refractivity (Wildman–Crippen MR) is 86.8 cm³/mol. The Morgan fingerprint density at radius 1 is 1.20 bits per heavy atom. The highest BCUT2D eigenvalue weighted by Gasteiger charge is 2.13. The highest BCUT2D eigenvalue weighted by molar-refractivity contribution is 7.12. The summed E-state index contributed by atoms with van der Waals surface area (Å²) in [5, 5.41) is 3.59. The van der Waals surface area contributed by atoms with Crippen molar-refractivity contribution in [3.8, 4) is 5.75 Å². The number of benzene rings is 1. The van der Waals surface area contributed by atoms with Crippen LogP contribution in [-0.2, 0) is 12.8 Å². The lowest BCUT2D eigenvalue weighted by atomic mass is 10.0. The van der Waals surface area contributed by atoms with Crippen molar-refractivity contribution in [3.63, 3.8) is 0 Å². The molecule has 0 amide bonds. The maximum Gasteiger partial charge on any atom is 0.119 e. The third-order valence-electron chi connectivity index (χ3n) is 3.40. The van der Waals surface area contributed by atoms with Crippen LogP contribution in [0.5, 0.6) is 5.75 Å². The molecule has 0 aliphatic heterocycles. The molecule has 108 valence electrons. The van der Waals surface area contributed by atoms with Crippen molar-refractivity contribution in [1.29, 1.82) is 0 Å². The zero-order valence-electron chi connectivity index (χ0n) is 12.5. The summed E-state index contributed by atoms with van der Waals surface area (Å²) in [5.41, 5.74) is 1.31. The predicted octanol–water partition coefficient (Wildman–Crippen LogP) is 4.21. The molecular weight excluding hydrogens is 266 g/mol. The molecule has 1 aromatic heterocycles. The zero-order valence-corrected chi connectivity index (χ0v) is 13.3. The number of ether oxygens (including phenoxy) is 1. The van der Waals surface area contributed by atoms with Gasteiger partial charge in [-0.1, -0.05) is 26.0 Å². The Bertz CT molecular complexity index is 535. The van der Waals surface area contributed by atoms with Gasteiger partial charge in [0.25, 0.3) is 0 Å². The third kappa shape index (κ3) is 3.84. The summed E-state index contributed by atoms with van der Waals surface area (Å²) in [6.07, 6.45) is 2.11. The van der Waals surface area contributed by atoms with Crippen molar-refractivity contribution < 1.29 is 4.74 Å². The molecule has 0 saturated carbocycles. The van der Waals surface area contributed by atoms with Crippen LogP contribution in [0.25, 0.3) is 0 Å². The molecule has 1 unspecified atom stereocenters. The fraction of sp³-hybridized carbons (Fsp3) is 0.412. The summed E-state index contributed by atoms with van der Waals surface area (Å²) < 4.78 is 5.31.